The second-order valence-electron chi connectivity index (χ2n) is 20.5. The molecule has 2 rings (SSSR count). The van der Waals surface area contributed by atoms with E-state index in [0.717, 1.165) is 77.0 Å². The van der Waals surface area contributed by atoms with Crippen molar-refractivity contribution in [1.82, 2.24) is 0 Å². The van der Waals surface area contributed by atoms with Crippen molar-refractivity contribution in [2.45, 2.75) is 209 Å². The molecule has 2 aromatic rings. The zero-order valence-corrected chi connectivity index (χ0v) is 46.9. The van der Waals surface area contributed by atoms with E-state index in [1.165, 1.54) is 77.0 Å². The Hall–Kier alpha value is -4.80. The van der Waals surface area contributed by atoms with E-state index in [1.54, 1.807) is 36.4 Å². The summed E-state index contributed by atoms with van der Waals surface area (Å²) in [6.45, 7) is 18.3. The number of rotatable bonds is 46. The van der Waals surface area contributed by atoms with Gasteiger partial charge in [-0.1, -0.05) is 194 Å². The molecule has 0 aliphatic rings. The number of hydrogen-bond donors (Lipinski definition) is 0. The third-order valence-electron chi connectivity index (χ3n) is 14.4. The molecule has 0 radical (unpaired) electrons. The van der Waals surface area contributed by atoms with Crippen LogP contribution in [0, 0.1) is 29.1 Å². The van der Waals surface area contributed by atoms with Gasteiger partial charge in [0.15, 0.2) is 23.0 Å². The standard InChI is InChI=1S/C59H98N6O8/c1-9-17-21-25-29-47(13-5)39-68-53-35-33-51(37-55(53)70-41-49(15-7)31-27-23-19-11-3)57(66)72-45-59(43-62-64-60,44-63-65-61)46-73-58(67)52-34-36-54(69-40-48(14-6)30-26-22-18-10-2)56(38-52)71-42-50(16-8)32-28-24-20-12-4/h33-38,47-50H,9-32,39-46H2,1-8H3. The van der Waals surface area contributed by atoms with Crippen LogP contribution in [0.3, 0.4) is 0 Å². The molecular formula is C59H98N6O8. The fourth-order valence-electron chi connectivity index (χ4n) is 8.87. The number of hydrogen-bond acceptors (Lipinski definition) is 10. The van der Waals surface area contributed by atoms with E-state index in [1.807, 2.05) is 0 Å². The van der Waals surface area contributed by atoms with E-state index < -0.39 is 17.4 Å². The first-order valence-corrected chi connectivity index (χ1v) is 28.7. The van der Waals surface area contributed by atoms with E-state index >= 15 is 0 Å². The van der Waals surface area contributed by atoms with E-state index in [4.69, 9.17) is 28.4 Å². The molecule has 0 saturated heterocycles. The van der Waals surface area contributed by atoms with Gasteiger partial charge in [-0.15, -0.1) is 0 Å². The molecule has 14 nitrogen and oxygen atoms in total. The average molecular weight is 1020 g/mol. The Morgan fingerprint density at radius 2 is 0.753 bits per heavy atom. The number of unbranched alkanes of at least 4 members (excludes halogenated alkanes) is 12. The molecule has 0 aliphatic heterocycles. The van der Waals surface area contributed by atoms with Crippen LogP contribution in [-0.2, 0) is 9.47 Å². The highest BCUT2D eigenvalue weighted by atomic mass is 16.6. The SMILES string of the molecule is CCCCCCC(CC)COc1ccc(C(=O)OCC(CN=[N+]=[N-])(CN=[N+]=[N-])COC(=O)c2ccc(OCC(CC)CCCCCC)c(OCC(CC)CCCCCC)c2)cc1OCC(CC)CCCCCC. The van der Waals surface area contributed by atoms with Crippen molar-refractivity contribution in [3.05, 3.63) is 68.4 Å². The largest absolute Gasteiger partial charge is 0.489 e. The predicted octanol–water partition coefficient (Wildman–Crippen LogP) is 17.8. The van der Waals surface area contributed by atoms with Crippen LogP contribution in [0.4, 0.5) is 0 Å². The highest BCUT2D eigenvalue weighted by molar-refractivity contribution is 5.91. The third-order valence-corrected chi connectivity index (χ3v) is 14.4. The maximum atomic E-state index is 14.0. The number of ether oxygens (including phenoxy) is 6. The third kappa shape index (κ3) is 26.8. The summed E-state index contributed by atoms with van der Waals surface area (Å²) < 4.78 is 37.7. The normalized spacial score (nSPS) is 13.6. The van der Waals surface area contributed by atoms with Gasteiger partial charge >= 0.3 is 11.9 Å². The number of esters is 2. The minimum absolute atomic E-state index is 0.228. The number of nitrogens with zero attached hydrogens (tertiary/aromatic N) is 6. The van der Waals surface area contributed by atoms with Gasteiger partial charge in [-0.2, -0.15) is 0 Å². The maximum absolute atomic E-state index is 14.0. The van der Waals surface area contributed by atoms with E-state index in [0.29, 0.717) is 73.1 Å². The quantitative estimate of drug-likeness (QED) is 0.0206. The van der Waals surface area contributed by atoms with E-state index in [2.05, 4.69) is 75.4 Å². The predicted molar refractivity (Wildman–Crippen MR) is 296 cm³/mol. The van der Waals surface area contributed by atoms with Crippen molar-refractivity contribution in [3.8, 4) is 23.0 Å². The molecule has 0 spiro atoms. The maximum Gasteiger partial charge on any atom is 0.338 e. The summed E-state index contributed by atoms with van der Waals surface area (Å²) in [5, 5.41) is 7.58. The zero-order valence-electron chi connectivity index (χ0n) is 46.9. The molecule has 0 aromatic heterocycles. The van der Waals surface area contributed by atoms with Crippen molar-refractivity contribution in [3.63, 3.8) is 0 Å². The molecular weight excluding hydrogens is 921 g/mol. The Labute approximate surface area is 441 Å². The van der Waals surface area contributed by atoms with Gasteiger partial charge in [0.2, 0.25) is 0 Å². The number of carbonyl (C=O) groups is 2. The van der Waals surface area contributed by atoms with Gasteiger partial charge in [-0.05, 0) is 96.8 Å². The summed E-state index contributed by atoms with van der Waals surface area (Å²) in [5.74, 6) is 2.20. The zero-order chi connectivity index (χ0) is 53.4. The molecule has 0 aliphatic carbocycles. The first kappa shape index (κ1) is 64.3. The van der Waals surface area contributed by atoms with Gasteiger partial charge in [0, 0.05) is 28.3 Å². The molecule has 0 bridgehead atoms. The van der Waals surface area contributed by atoms with Crippen molar-refractivity contribution in [2.75, 3.05) is 52.7 Å². The highest BCUT2D eigenvalue weighted by Crippen LogP contribution is 2.34. The number of benzene rings is 2. The molecule has 4 atom stereocenters. The lowest BCUT2D eigenvalue weighted by atomic mass is 9.90. The Bertz CT molecular complexity index is 1750. The Morgan fingerprint density at radius 1 is 0.452 bits per heavy atom. The van der Waals surface area contributed by atoms with Crippen molar-refractivity contribution in [2.24, 2.45) is 39.3 Å². The lowest BCUT2D eigenvalue weighted by molar-refractivity contribution is 0.000403. The second kappa shape index (κ2) is 40.6. The summed E-state index contributed by atoms with van der Waals surface area (Å²) in [6, 6.07) is 10.1. The monoisotopic (exact) mass is 1020 g/mol. The molecule has 0 N–H and O–H groups in total. The molecule has 73 heavy (non-hydrogen) atoms. The van der Waals surface area contributed by atoms with Crippen LogP contribution in [0.2, 0.25) is 0 Å². The first-order chi connectivity index (χ1) is 35.6. The molecule has 412 valence electrons. The van der Waals surface area contributed by atoms with Crippen LogP contribution in [0.25, 0.3) is 20.9 Å². The van der Waals surface area contributed by atoms with E-state index in [-0.39, 0.29) is 37.4 Å². The number of azide groups is 2. The van der Waals surface area contributed by atoms with Crippen LogP contribution < -0.4 is 18.9 Å². The lowest BCUT2D eigenvalue weighted by Gasteiger charge is -2.29. The van der Waals surface area contributed by atoms with Gasteiger partial charge in [-0.25, -0.2) is 9.59 Å². The Balaban J connectivity index is 2.40. The molecule has 0 heterocycles. The van der Waals surface area contributed by atoms with Gasteiger partial charge in [0.05, 0.1) is 37.6 Å². The lowest BCUT2D eigenvalue weighted by Crippen LogP contribution is -2.40. The summed E-state index contributed by atoms with van der Waals surface area (Å²) in [5.41, 5.74) is 18.0. The summed E-state index contributed by atoms with van der Waals surface area (Å²) >= 11 is 0. The first-order valence-electron chi connectivity index (χ1n) is 28.7. The van der Waals surface area contributed by atoms with Crippen molar-refractivity contribution < 1.29 is 38.0 Å². The van der Waals surface area contributed by atoms with Crippen LogP contribution >= 0.6 is 0 Å². The van der Waals surface area contributed by atoms with Crippen LogP contribution in [-0.4, -0.2) is 64.7 Å². The summed E-state index contributed by atoms with van der Waals surface area (Å²) in [7, 11) is 0. The second-order valence-corrected chi connectivity index (χ2v) is 20.5. The van der Waals surface area contributed by atoms with Crippen molar-refractivity contribution in [1.29, 1.82) is 0 Å². The fourth-order valence-corrected chi connectivity index (χ4v) is 8.87. The van der Waals surface area contributed by atoms with Crippen molar-refractivity contribution >= 4 is 11.9 Å². The van der Waals surface area contributed by atoms with Gasteiger partial charge in [-0.3, -0.25) is 0 Å². The summed E-state index contributed by atoms with van der Waals surface area (Å²) in [6.07, 6.45) is 27.2. The molecule has 0 amide bonds. The van der Waals surface area contributed by atoms with Crippen LogP contribution in [0.1, 0.15) is 230 Å². The smallest absolute Gasteiger partial charge is 0.338 e. The Kier molecular flexibility index (Phi) is 35.7. The fraction of sp³-hybridized carbons (Fsp3) is 0.763. The minimum atomic E-state index is -1.38. The van der Waals surface area contributed by atoms with Crippen LogP contribution in [0.5, 0.6) is 23.0 Å². The molecule has 0 saturated carbocycles. The molecule has 0 fully saturated rings. The van der Waals surface area contributed by atoms with Gasteiger partial charge in [0.25, 0.3) is 0 Å². The number of carbonyl (C=O) groups excluding carboxylic acids is 2. The Morgan fingerprint density at radius 3 is 1.03 bits per heavy atom. The molecule has 4 unspecified atom stereocenters. The molecule has 14 heteroatoms. The highest BCUT2D eigenvalue weighted by Gasteiger charge is 2.34. The minimum Gasteiger partial charge on any atom is -0.489 e. The molecule has 2 aromatic carbocycles. The van der Waals surface area contributed by atoms with E-state index in [9.17, 15) is 20.7 Å². The van der Waals surface area contributed by atoms with Gasteiger partial charge in [0.1, 0.15) is 13.2 Å². The topological polar surface area (TPSA) is 187 Å². The van der Waals surface area contributed by atoms with Crippen LogP contribution in [0.15, 0.2) is 46.6 Å². The average Bonchev–Trinajstić information content (AvgIpc) is 3.41. The van der Waals surface area contributed by atoms with Gasteiger partial charge < -0.3 is 28.4 Å². The summed E-state index contributed by atoms with van der Waals surface area (Å²) in [4.78, 5) is 33.8.